The second-order valence-electron chi connectivity index (χ2n) is 7.73. The molecule has 2 unspecified atom stereocenters. The molecule has 2 aliphatic rings. The minimum atomic E-state index is -1.17. The maximum absolute atomic E-state index is 8.89. The molecule has 4 N–H and O–H groups in total. The van der Waals surface area contributed by atoms with Gasteiger partial charge in [0, 0.05) is 23.4 Å². The Morgan fingerprint density at radius 1 is 1.32 bits per heavy atom. The molecule has 1 saturated heterocycles. The fourth-order valence-electron chi connectivity index (χ4n) is 4.24. The van der Waals surface area contributed by atoms with Gasteiger partial charge in [-0.2, -0.15) is 0 Å². The van der Waals surface area contributed by atoms with Gasteiger partial charge in [0.2, 0.25) is 0 Å². The Labute approximate surface area is 155 Å². The third-order valence-corrected chi connectivity index (χ3v) is 6.82. The Bertz CT molecular complexity index is 582. The number of hydrogen-bond donors (Lipinski definition) is 3. The van der Waals surface area contributed by atoms with E-state index in [0.29, 0.717) is 18.2 Å². The Kier molecular flexibility index (Phi) is 6.75. The monoisotopic (exact) mass is 362 g/mol. The maximum Gasteiger partial charge on any atom is 0.451 e. The lowest BCUT2D eigenvalue weighted by atomic mass is 9.82. The zero-order valence-corrected chi connectivity index (χ0v) is 16.0. The first-order chi connectivity index (χ1) is 12.0. The van der Waals surface area contributed by atoms with Crippen molar-refractivity contribution in [3.8, 4) is 0 Å². The van der Waals surface area contributed by atoms with Crippen LogP contribution in [0.4, 0.5) is 0 Å². The molecule has 1 aromatic rings. The van der Waals surface area contributed by atoms with E-state index in [1.807, 2.05) is 11.3 Å². The fraction of sp³-hybridized carbons (Fsp3) is 0.684. The average molecular weight is 362 g/mol. The van der Waals surface area contributed by atoms with E-state index >= 15 is 0 Å². The highest BCUT2D eigenvalue weighted by molar-refractivity contribution is 7.11. The maximum atomic E-state index is 8.89. The first kappa shape index (κ1) is 19.1. The van der Waals surface area contributed by atoms with E-state index in [0.717, 1.165) is 38.9 Å². The largest absolute Gasteiger partial charge is 0.451 e. The van der Waals surface area contributed by atoms with Crippen LogP contribution in [0.3, 0.4) is 0 Å². The van der Waals surface area contributed by atoms with Gasteiger partial charge in [-0.05, 0) is 67.2 Å². The number of hydrogen-bond acceptors (Lipinski definition) is 5. The zero-order chi connectivity index (χ0) is 17.8. The number of thiophene rings is 1. The summed E-state index contributed by atoms with van der Waals surface area (Å²) in [7, 11) is -1.17. The van der Waals surface area contributed by atoms with Crippen molar-refractivity contribution in [3.63, 3.8) is 0 Å². The number of fused-ring (bicyclic) bond motifs is 1. The first-order valence-electron chi connectivity index (χ1n) is 9.67. The van der Waals surface area contributed by atoms with Crippen LogP contribution in [0.2, 0.25) is 6.32 Å². The lowest BCUT2D eigenvalue weighted by Gasteiger charge is -2.35. The molecule has 2 atom stereocenters. The second-order valence-corrected chi connectivity index (χ2v) is 8.64. The summed E-state index contributed by atoms with van der Waals surface area (Å²) in [5.74, 6) is 1.18. The Hall–Kier alpha value is -0.655. The third kappa shape index (κ3) is 4.95. The summed E-state index contributed by atoms with van der Waals surface area (Å²) in [6.07, 6.45) is 10.3. The van der Waals surface area contributed by atoms with Crippen LogP contribution < -0.4 is 5.73 Å². The van der Waals surface area contributed by atoms with E-state index in [-0.39, 0.29) is 6.04 Å². The molecule has 1 fully saturated rings. The summed E-state index contributed by atoms with van der Waals surface area (Å²) in [5, 5.41) is 20.1. The predicted octanol–water partition coefficient (Wildman–Crippen LogP) is 3.06. The molecule has 4 nitrogen and oxygen atoms in total. The number of unbranched alkanes of at least 4 members (excludes halogenated alkanes) is 1. The molecule has 0 radical (unpaired) electrons. The Morgan fingerprint density at radius 3 is 2.80 bits per heavy atom. The van der Waals surface area contributed by atoms with Crippen LogP contribution in [0, 0.1) is 5.92 Å². The van der Waals surface area contributed by atoms with Crippen LogP contribution in [-0.2, 0) is 6.54 Å². The van der Waals surface area contributed by atoms with Gasteiger partial charge < -0.3 is 15.8 Å². The van der Waals surface area contributed by atoms with Crippen LogP contribution >= 0.6 is 11.3 Å². The molecule has 25 heavy (non-hydrogen) atoms. The lowest BCUT2D eigenvalue weighted by Crippen LogP contribution is -2.40. The molecule has 1 aliphatic carbocycles. The van der Waals surface area contributed by atoms with Gasteiger partial charge in [-0.25, -0.2) is 0 Å². The normalized spacial score (nSPS) is 22.3. The summed E-state index contributed by atoms with van der Waals surface area (Å²) >= 11 is 1.88. The molecule has 1 aromatic heterocycles. The van der Waals surface area contributed by atoms with Crippen LogP contribution in [-0.4, -0.2) is 41.2 Å². The fourth-order valence-corrected chi connectivity index (χ4v) is 5.31. The molecule has 0 aromatic carbocycles. The molecule has 6 heteroatoms. The number of nitrogens with zero attached hydrogens (tertiary/aromatic N) is 1. The molecule has 3 rings (SSSR count). The Morgan fingerprint density at radius 2 is 2.08 bits per heavy atom. The van der Waals surface area contributed by atoms with Crippen molar-refractivity contribution < 1.29 is 10.0 Å². The van der Waals surface area contributed by atoms with Crippen molar-refractivity contribution in [2.24, 2.45) is 11.7 Å². The van der Waals surface area contributed by atoms with Crippen molar-refractivity contribution in [1.82, 2.24) is 4.90 Å². The molecule has 0 saturated carbocycles. The number of allylic oxidation sites excluding steroid dienone is 1. The molecule has 2 heterocycles. The topological polar surface area (TPSA) is 69.7 Å². The third-order valence-electron chi connectivity index (χ3n) is 5.81. The number of likely N-dealkylation sites (tertiary alicyclic amines) is 1. The van der Waals surface area contributed by atoms with Crippen LogP contribution in [0.5, 0.6) is 0 Å². The minimum absolute atomic E-state index is 0.257. The highest BCUT2D eigenvalue weighted by atomic mass is 32.1. The first-order valence-corrected chi connectivity index (χ1v) is 10.5. The number of rotatable bonds is 8. The molecular formula is C19H31BN2O2S. The summed E-state index contributed by atoms with van der Waals surface area (Å²) in [5.41, 5.74) is 9.46. The molecule has 0 amide bonds. The van der Waals surface area contributed by atoms with Gasteiger partial charge in [-0.15, -0.1) is 11.3 Å². The van der Waals surface area contributed by atoms with Gasteiger partial charge in [0.05, 0.1) is 0 Å². The standard InChI is InChI=1S/C19H31BN2O2S/c1-14-5-6-18-19(14)16(13-25-18)12-22-10-7-15(8-11-22)17(21)4-2-3-9-20(23)24/h5-6,13-15,17,23-24H,2-4,7-12,21H2,1H3. The smallest absolute Gasteiger partial charge is 0.427 e. The van der Waals surface area contributed by atoms with Gasteiger partial charge in [-0.3, -0.25) is 4.90 Å². The molecule has 138 valence electrons. The predicted molar refractivity (Wildman–Crippen MR) is 107 cm³/mol. The van der Waals surface area contributed by atoms with Gasteiger partial charge >= 0.3 is 7.12 Å². The summed E-state index contributed by atoms with van der Waals surface area (Å²) in [6.45, 7) is 5.65. The van der Waals surface area contributed by atoms with Gasteiger partial charge in [0.1, 0.15) is 0 Å². The SMILES string of the molecule is CC1C=Cc2scc(CN3CCC(C(N)CCCCB(O)O)CC3)c21. The van der Waals surface area contributed by atoms with E-state index in [1.165, 1.54) is 23.3 Å². The van der Waals surface area contributed by atoms with E-state index in [2.05, 4.69) is 29.4 Å². The zero-order valence-electron chi connectivity index (χ0n) is 15.2. The van der Waals surface area contributed by atoms with Crippen molar-refractivity contribution in [2.45, 2.75) is 63.9 Å². The molecule has 1 aliphatic heterocycles. The molecular weight excluding hydrogens is 331 g/mol. The van der Waals surface area contributed by atoms with Crippen molar-refractivity contribution in [1.29, 1.82) is 0 Å². The van der Waals surface area contributed by atoms with Crippen LogP contribution in [0.25, 0.3) is 6.08 Å². The van der Waals surface area contributed by atoms with E-state index in [9.17, 15) is 0 Å². The summed E-state index contributed by atoms with van der Waals surface area (Å²) in [6, 6.07) is 0.257. The highest BCUT2D eigenvalue weighted by Gasteiger charge is 2.26. The van der Waals surface area contributed by atoms with Crippen molar-refractivity contribution >= 4 is 24.5 Å². The van der Waals surface area contributed by atoms with E-state index < -0.39 is 7.12 Å². The van der Waals surface area contributed by atoms with Gasteiger partial charge in [-0.1, -0.05) is 25.8 Å². The summed E-state index contributed by atoms with van der Waals surface area (Å²) < 4.78 is 0. The molecule has 0 bridgehead atoms. The Balaban J connectivity index is 1.40. The molecule has 0 spiro atoms. The van der Waals surface area contributed by atoms with Crippen molar-refractivity contribution in [3.05, 3.63) is 27.5 Å². The number of piperidine rings is 1. The van der Waals surface area contributed by atoms with Crippen molar-refractivity contribution in [2.75, 3.05) is 13.1 Å². The second kappa shape index (κ2) is 8.82. The van der Waals surface area contributed by atoms with Crippen LogP contribution in [0.15, 0.2) is 11.5 Å². The van der Waals surface area contributed by atoms with Gasteiger partial charge in [0.25, 0.3) is 0 Å². The van der Waals surface area contributed by atoms with E-state index in [1.54, 1.807) is 5.56 Å². The highest BCUT2D eigenvalue weighted by Crippen LogP contribution is 2.38. The average Bonchev–Trinajstić information content (AvgIpc) is 3.16. The van der Waals surface area contributed by atoms with Crippen LogP contribution in [0.1, 0.15) is 60.9 Å². The van der Waals surface area contributed by atoms with E-state index in [4.69, 9.17) is 15.8 Å². The quantitative estimate of drug-likeness (QED) is 0.491. The summed E-state index contributed by atoms with van der Waals surface area (Å²) in [4.78, 5) is 4.03. The number of nitrogens with two attached hydrogens (primary N) is 1. The van der Waals surface area contributed by atoms with Gasteiger partial charge in [0.15, 0.2) is 0 Å². The minimum Gasteiger partial charge on any atom is -0.427 e. The lowest BCUT2D eigenvalue weighted by molar-refractivity contribution is 0.159.